The Morgan fingerprint density at radius 1 is 1.67 bits per heavy atom. The molecule has 0 heterocycles. The van der Waals surface area contributed by atoms with Crippen LogP contribution in [-0.4, -0.2) is 27.6 Å². The highest BCUT2D eigenvalue weighted by Crippen LogP contribution is 1.69. The third-order valence-electron chi connectivity index (χ3n) is 0.442. The smallest absolute Gasteiger partial charge is 0.319 e. The van der Waals surface area contributed by atoms with Crippen molar-refractivity contribution >= 4 is 12.0 Å². The first-order valence-electron chi connectivity index (χ1n) is 1.87. The first-order chi connectivity index (χ1) is 4.04. The van der Waals surface area contributed by atoms with Gasteiger partial charge in [0.15, 0.2) is 0 Å². The van der Waals surface area contributed by atoms with Gasteiger partial charge in [-0.15, -0.1) is 0 Å². The number of rotatable bonds is 0. The number of amides is 2. The molecule has 0 aromatic heterocycles. The van der Waals surface area contributed by atoms with E-state index in [1.165, 1.54) is 0 Å². The van der Waals surface area contributed by atoms with Crippen LogP contribution in [0.5, 0.6) is 0 Å². The van der Waals surface area contributed by atoms with Gasteiger partial charge in [-0.3, -0.25) is 21.1 Å². The van der Waals surface area contributed by atoms with Crippen LogP contribution < -0.4 is 11.1 Å². The molecule has 0 aliphatic carbocycles. The summed E-state index contributed by atoms with van der Waals surface area (Å²) >= 11 is 0. The largest absolute Gasteiger partial charge is 0.351 e. The maximum atomic E-state index is 9.84. The molecule has 0 aliphatic rings. The number of guanidine groups is 1. The van der Waals surface area contributed by atoms with E-state index in [4.69, 9.17) is 15.8 Å². The van der Waals surface area contributed by atoms with Crippen molar-refractivity contribution in [1.29, 1.82) is 5.41 Å². The van der Waals surface area contributed by atoms with Gasteiger partial charge in [-0.2, -0.15) is 0 Å². The fourth-order valence-electron chi connectivity index (χ4n) is 0.167. The Hall–Kier alpha value is -1.34. The Morgan fingerprint density at radius 2 is 2.11 bits per heavy atom. The molecule has 0 fully saturated rings. The quantitative estimate of drug-likeness (QED) is 0.160. The summed E-state index contributed by atoms with van der Waals surface area (Å²) < 4.78 is 0. The highest BCUT2D eigenvalue weighted by molar-refractivity contribution is 5.92. The molecule has 7 heteroatoms. The Kier molecular flexibility index (Phi) is 2.42. The van der Waals surface area contributed by atoms with Gasteiger partial charge in [-0.1, -0.05) is 5.23 Å². The van der Waals surface area contributed by atoms with Crippen molar-refractivity contribution in [1.82, 2.24) is 10.5 Å². The van der Waals surface area contributed by atoms with Crippen LogP contribution in [0.25, 0.3) is 0 Å². The predicted molar refractivity (Wildman–Crippen MR) is 25.9 cm³/mol. The van der Waals surface area contributed by atoms with Gasteiger partial charge < -0.3 is 5.73 Å². The lowest BCUT2D eigenvalue weighted by Crippen LogP contribution is -2.42. The number of nitrogens with zero attached hydrogens (tertiary/aromatic N) is 1. The van der Waals surface area contributed by atoms with Gasteiger partial charge in [0.05, 0.1) is 0 Å². The van der Waals surface area contributed by atoms with Crippen molar-refractivity contribution in [3.05, 3.63) is 0 Å². The summed E-state index contributed by atoms with van der Waals surface area (Å²) in [7, 11) is 0. The van der Waals surface area contributed by atoms with Crippen molar-refractivity contribution in [3.63, 3.8) is 0 Å². The monoisotopic (exact) mass is 134 g/mol. The van der Waals surface area contributed by atoms with Crippen LogP contribution in [0.3, 0.4) is 0 Å². The maximum absolute atomic E-state index is 9.84. The van der Waals surface area contributed by atoms with E-state index in [0.717, 1.165) is 0 Å². The molecule has 0 saturated heterocycles. The molecule has 0 saturated carbocycles. The van der Waals surface area contributed by atoms with E-state index in [0.29, 0.717) is 0 Å². The number of nitrogens with two attached hydrogens (primary N) is 1. The van der Waals surface area contributed by atoms with Gasteiger partial charge in [0, 0.05) is 0 Å². The summed E-state index contributed by atoms with van der Waals surface area (Å²) in [5, 5.41) is 23.4. The van der Waals surface area contributed by atoms with Crippen LogP contribution in [0.1, 0.15) is 0 Å². The second kappa shape index (κ2) is 2.84. The van der Waals surface area contributed by atoms with E-state index in [2.05, 4.69) is 5.73 Å². The van der Waals surface area contributed by atoms with Crippen LogP contribution >= 0.6 is 0 Å². The zero-order chi connectivity index (χ0) is 7.44. The molecule has 0 aliphatic heterocycles. The molecule has 52 valence electrons. The molecule has 0 bridgehead atoms. The molecular weight excluding hydrogens is 128 g/mol. The van der Waals surface area contributed by atoms with E-state index in [9.17, 15) is 4.79 Å². The van der Waals surface area contributed by atoms with Crippen molar-refractivity contribution in [2.24, 2.45) is 5.73 Å². The molecule has 0 rings (SSSR count). The van der Waals surface area contributed by atoms with E-state index in [1.54, 1.807) is 5.32 Å². The maximum Gasteiger partial charge on any atom is 0.319 e. The second-order valence-corrected chi connectivity index (χ2v) is 1.13. The summed E-state index contributed by atoms with van der Waals surface area (Å²) in [6.45, 7) is 0. The topological polar surface area (TPSA) is 123 Å². The minimum Gasteiger partial charge on any atom is -0.351 e. The Bertz CT molecular complexity index is 132. The van der Waals surface area contributed by atoms with Gasteiger partial charge in [0.1, 0.15) is 0 Å². The number of carbonyl (C=O) groups is 1. The normalized spacial score (nSPS) is 8.22. The number of urea groups is 1. The number of hydrogen-bond acceptors (Lipinski definition) is 4. The van der Waals surface area contributed by atoms with E-state index < -0.39 is 17.2 Å². The molecule has 0 atom stereocenters. The third-order valence-corrected chi connectivity index (χ3v) is 0.442. The molecule has 0 spiro atoms. The summed E-state index contributed by atoms with van der Waals surface area (Å²) in [6, 6.07) is -1.03. The molecule has 9 heavy (non-hydrogen) atoms. The van der Waals surface area contributed by atoms with Gasteiger partial charge in [0.2, 0.25) is 0 Å². The van der Waals surface area contributed by atoms with Gasteiger partial charge >= 0.3 is 6.03 Å². The zero-order valence-electron chi connectivity index (χ0n) is 4.33. The van der Waals surface area contributed by atoms with Crippen LogP contribution in [0.2, 0.25) is 0 Å². The molecule has 0 aromatic rings. The number of primary amides is 1. The SMILES string of the molecule is N=C(NC(N)=O)N(O)O. The lowest BCUT2D eigenvalue weighted by molar-refractivity contribution is -0.247. The standard InChI is InChI=1S/C2H6N4O3/c3-1(6(8)9)5-2(4)7/h8-9H,(H4,3,4,5,7). The molecule has 2 amide bonds. The molecule has 6 N–H and O–H groups in total. The average molecular weight is 134 g/mol. The lowest BCUT2D eigenvalue weighted by Gasteiger charge is -2.06. The molecule has 0 unspecified atom stereocenters. The van der Waals surface area contributed by atoms with Crippen LogP contribution in [0.4, 0.5) is 4.79 Å². The molecule has 7 nitrogen and oxygen atoms in total. The van der Waals surface area contributed by atoms with Gasteiger partial charge in [0.25, 0.3) is 5.96 Å². The summed E-state index contributed by atoms with van der Waals surface area (Å²) in [6.07, 6.45) is 0. The molecule has 0 radical (unpaired) electrons. The van der Waals surface area contributed by atoms with Crippen LogP contribution in [0.15, 0.2) is 0 Å². The van der Waals surface area contributed by atoms with Gasteiger partial charge in [-0.25, -0.2) is 4.79 Å². The number of hydroxylamine groups is 2. The fourth-order valence-corrected chi connectivity index (χ4v) is 0.167. The van der Waals surface area contributed by atoms with E-state index in [-0.39, 0.29) is 0 Å². The fraction of sp³-hybridized carbons (Fsp3) is 0. The summed E-state index contributed by atoms with van der Waals surface area (Å²) in [5.74, 6) is -0.900. The summed E-state index contributed by atoms with van der Waals surface area (Å²) in [4.78, 5) is 9.84. The Labute approximate surface area is 50.1 Å². The third kappa shape index (κ3) is 3.26. The second-order valence-electron chi connectivity index (χ2n) is 1.13. The highest BCUT2D eigenvalue weighted by atomic mass is 16.8. The minimum atomic E-state index is -1.03. The summed E-state index contributed by atoms with van der Waals surface area (Å²) in [5.41, 5.74) is 4.49. The Morgan fingerprint density at radius 3 is 2.22 bits per heavy atom. The Balaban J connectivity index is 3.64. The first kappa shape index (κ1) is 7.66. The van der Waals surface area contributed by atoms with Crippen molar-refractivity contribution in [3.8, 4) is 0 Å². The number of carbonyl (C=O) groups excluding carboxylic acids is 1. The lowest BCUT2D eigenvalue weighted by atomic mass is 10.9. The first-order valence-corrected chi connectivity index (χ1v) is 1.87. The van der Waals surface area contributed by atoms with Crippen molar-refractivity contribution in [2.75, 3.05) is 0 Å². The molecule has 0 aromatic carbocycles. The minimum absolute atomic E-state index is 0.565. The molecular formula is C2H6N4O3. The average Bonchev–Trinajstić information content (AvgIpc) is 1.63. The van der Waals surface area contributed by atoms with Crippen LogP contribution in [0, 0.1) is 5.41 Å². The predicted octanol–water partition coefficient (Wildman–Crippen LogP) is -1.33. The van der Waals surface area contributed by atoms with Gasteiger partial charge in [-0.05, 0) is 0 Å². The van der Waals surface area contributed by atoms with E-state index >= 15 is 0 Å². The van der Waals surface area contributed by atoms with E-state index in [1.807, 2.05) is 0 Å². The van der Waals surface area contributed by atoms with Crippen molar-refractivity contribution in [2.45, 2.75) is 0 Å². The zero-order valence-corrected chi connectivity index (χ0v) is 4.33. The number of hydrogen-bond donors (Lipinski definition) is 5. The highest BCUT2D eigenvalue weighted by Gasteiger charge is 2.02. The van der Waals surface area contributed by atoms with Crippen molar-refractivity contribution < 1.29 is 15.2 Å². The van der Waals surface area contributed by atoms with Crippen LogP contribution in [-0.2, 0) is 0 Å². The number of nitrogens with one attached hydrogen (secondary N) is 2.